The number of carbonyl (C=O) groups excluding carboxylic acids is 1. The lowest BCUT2D eigenvalue weighted by Crippen LogP contribution is -2.37. The molecule has 6 heteroatoms. The highest BCUT2D eigenvalue weighted by Crippen LogP contribution is 2.26. The fourth-order valence-corrected chi connectivity index (χ4v) is 2.76. The average Bonchev–Trinajstić information content (AvgIpc) is 3.05. The number of aromatic nitrogens is 3. The van der Waals surface area contributed by atoms with Crippen molar-refractivity contribution in [1.82, 2.24) is 19.9 Å². The van der Waals surface area contributed by atoms with Crippen molar-refractivity contribution < 1.29 is 9.18 Å². The predicted molar refractivity (Wildman–Crippen MR) is 109 cm³/mol. The van der Waals surface area contributed by atoms with Crippen LogP contribution < -0.4 is 5.32 Å². The Morgan fingerprint density at radius 3 is 2.43 bits per heavy atom. The van der Waals surface area contributed by atoms with Crippen molar-refractivity contribution in [3.05, 3.63) is 53.6 Å². The quantitative estimate of drug-likeness (QED) is 0.717. The highest BCUT2D eigenvalue weighted by atomic mass is 19.1. The van der Waals surface area contributed by atoms with Gasteiger partial charge in [-0.15, -0.1) is 0 Å². The van der Waals surface area contributed by atoms with Gasteiger partial charge in [0.2, 0.25) is 0 Å². The third-order valence-electron chi connectivity index (χ3n) is 4.94. The van der Waals surface area contributed by atoms with E-state index in [1.807, 2.05) is 47.6 Å². The molecule has 0 saturated carbocycles. The summed E-state index contributed by atoms with van der Waals surface area (Å²) in [5, 5.41) is 7.62. The molecule has 148 valence electrons. The van der Waals surface area contributed by atoms with Crippen molar-refractivity contribution in [2.75, 3.05) is 0 Å². The molecule has 2 aromatic heterocycles. The van der Waals surface area contributed by atoms with E-state index in [-0.39, 0.29) is 29.1 Å². The maximum absolute atomic E-state index is 14.4. The fourth-order valence-electron chi connectivity index (χ4n) is 2.76. The van der Waals surface area contributed by atoms with Gasteiger partial charge in [0.15, 0.2) is 5.65 Å². The molecule has 1 N–H and O–H groups in total. The maximum atomic E-state index is 14.4. The minimum atomic E-state index is -0.378. The molecular weight excluding hydrogens is 355 g/mol. The summed E-state index contributed by atoms with van der Waals surface area (Å²) in [6, 6.07) is 9.88. The number of rotatable bonds is 4. The van der Waals surface area contributed by atoms with Crippen LogP contribution in [0, 0.1) is 11.7 Å². The van der Waals surface area contributed by atoms with E-state index in [9.17, 15) is 9.18 Å². The molecule has 1 aromatic carbocycles. The van der Waals surface area contributed by atoms with Crippen molar-refractivity contribution in [2.24, 2.45) is 5.92 Å². The largest absolute Gasteiger partial charge is 0.348 e. The highest BCUT2D eigenvalue weighted by molar-refractivity contribution is 5.94. The second kappa shape index (κ2) is 7.34. The molecule has 0 saturated heterocycles. The molecule has 28 heavy (non-hydrogen) atoms. The summed E-state index contributed by atoms with van der Waals surface area (Å²) in [5.41, 5.74) is 2.24. The first-order valence-electron chi connectivity index (χ1n) is 9.55. The van der Waals surface area contributed by atoms with Gasteiger partial charge in [-0.1, -0.05) is 46.8 Å². The maximum Gasteiger partial charge on any atom is 0.270 e. The first-order valence-corrected chi connectivity index (χ1v) is 9.55. The van der Waals surface area contributed by atoms with Crippen LogP contribution in [0.1, 0.15) is 57.7 Å². The Morgan fingerprint density at radius 2 is 1.82 bits per heavy atom. The first kappa shape index (κ1) is 20.0. The third-order valence-corrected chi connectivity index (χ3v) is 4.94. The topological polar surface area (TPSA) is 59.3 Å². The smallest absolute Gasteiger partial charge is 0.270 e. The van der Waals surface area contributed by atoms with Gasteiger partial charge in [-0.2, -0.15) is 5.10 Å². The van der Waals surface area contributed by atoms with Gasteiger partial charge in [0.1, 0.15) is 11.5 Å². The number of hydrogen-bond acceptors (Lipinski definition) is 3. The zero-order valence-corrected chi connectivity index (χ0v) is 17.2. The van der Waals surface area contributed by atoms with E-state index < -0.39 is 0 Å². The molecule has 1 unspecified atom stereocenters. The average molecular weight is 382 g/mol. The van der Waals surface area contributed by atoms with E-state index in [2.05, 4.69) is 15.4 Å². The Bertz CT molecular complexity index is 1020. The van der Waals surface area contributed by atoms with Crippen LogP contribution in [-0.2, 0) is 5.41 Å². The number of nitrogens with one attached hydrogen (secondary N) is 1. The van der Waals surface area contributed by atoms with Gasteiger partial charge < -0.3 is 5.32 Å². The van der Waals surface area contributed by atoms with E-state index >= 15 is 0 Å². The predicted octanol–water partition coefficient (Wildman–Crippen LogP) is 4.61. The molecule has 0 spiro atoms. The fraction of sp³-hybridized carbons (Fsp3) is 0.409. The molecule has 2 heterocycles. The first-order chi connectivity index (χ1) is 13.1. The lowest BCUT2D eigenvalue weighted by Gasteiger charge is -2.18. The number of carbonyl (C=O) groups is 1. The van der Waals surface area contributed by atoms with E-state index in [0.29, 0.717) is 22.6 Å². The molecule has 0 fully saturated rings. The molecule has 0 aliphatic carbocycles. The Morgan fingerprint density at radius 1 is 1.14 bits per heavy atom. The molecule has 0 aliphatic rings. The third kappa shape index (κ3) is 3.91. The van der Waals surface area contributed by atoms with Crippen LogP contribution in [0.4, 0.5) is 4.39 Å². The molecule has 3 rings (SSSR count). The van der Waals surface area contributed by atoms with Crippen LogP contribution in [0.25, 0.3) is 16.9 Å². The van der Waals surface area contributed by atoms with Crippen LogP contribution >= 0.6 is 0 Å². The molecule has 5 nitrogen and oxygen atoms in total. The molecule has 0 radical (unpaired) electrons. The molecule has 1 amide bonds. The summed E-state index contributed by atoms with van der Waals surface area (Å²) in [6.45, 7) is 12.2. The Kier molecular flexibility index (Phi) is 5.24. The number of benzene rings is 1. The number of amides is 1. The lowest BCUT2D eigenvalue weighted by molar-refractivity contribution is 0.0922. The van der Waals surface area contributed by atoms with Crippen LogP contribution in [0.15, 0.2) is 36.4 Å². The zero-order chi connectivity index (χ0) is 20.6. The Labute approximate surface area is 165 Å². The summed E-state index contributed by atoms with van der Waals surface area (Å²) >= 11 is 0. The van der Waals surface area contributed by atoms with Gasteiger partial charge in [0.05, 0.1) is 11.4 Å². The summed E-state index contributed by atoms with van der Waals surface area (Å²) in [7, 11) is 0. The normalized spacial score (nSPS) is 13.1. The van der Waals surface area contributed by atoms with Crippen LogP contribution in [0.5, 0.6) is 0 Å². The van der Waals surface area contributed by atoms with E-state index in [1.165, 1.54) is 6.07 Å². The van der Waals surface area contributed by atoms with Gasteiger partial charge in [-0.25, -0.2) is 13.9 Å². The summed E-state index contributed by atoms with van der Waals surface area (Å²) in [6.07, 6.45) is 0. The number of fused-ring (bicyclic) bond motifs is 1. The molecule has 0 bridgehead atoms. The van der Waals surface area contributed by atoms with E-state index in [4.69, 9.17) is 0 Å². The lowest BCUT2D eigenvalue weighted by atomic mass is 9.93. The number of nitrogens with zero attached hydrogens (tertiary/aromatic N) is 3. The van der Waals surface area contributed by atoms with Gasteiger partial charge >= 0.3 is 0 Å². The Hall–Kier alpha value is -2.76. The zero-order valence-electron chi connectivity index (χ0n) is 17.2. The Balaban J connectivity index is 2.20. The molecule has 3 aromatic rings. The summed E-state index contributed by atoms with van der Waals surface area (Å²) < 4.78 is 15.9. The number of halogens is 1. The van der Waals surface area contributed by atoms with Crippen LogP contribution in [0.3, 0.4) is 0 Å². The standard InChI is InChI=1S/C22H27FN4O/c1-13(2)14(3)24-21(28)18-11-17(15-9-7-8-10-16(15)23)25-20-12-19(22(4,5)6)26-27(18)20/h7-14H,1-6H3,(H,24,28). The monoisotopic (exact) mass is 382 g/mol. The summed E-state index contributed by atoms with van der Waals surface area (Å²) in [5.74, 6) is -0.346. The number of hydrogen-bond donors (Lipinski definition) is 1. The van der Waals surface area contributed by atoms with Crippen molar-refractivity contribution >= 4 is 11.6 Å². The van der Waals surface area contributed by atoms with Crippen LogP contribution in [-0.4, -0.2) is 26.5 Å². The molecular formula is C22H27FN4O. The second-order valence-corrected chi connectivity index (χ2v) is 8.56. The highest BCUT2D eigenvalue weighted by Gasteiger charge is 2.23. The summed E-state index contributed by atoms with van der Waals surface area (Å²) in [4.78, 5) is 17.6. The van der Waals surface area contributed by atoms with Gasteiger partial charge in [0.25, 0.3) is 5.91 Å². The van der Waals surface area contributed by atoms with Gasteiger partial charge in [-0.3, -0.25) is 4.79 Å². The second-order valence-electron chi connectivity index (χ2n) is 8.56. The minimum Gasteiger partial charge on any atom is -0.348 e. The minimum absolute atomic E-state index is 0.00900. The van der Waals surface area contributed by atoms with E-state index in [1.54, 1.807) is 28.8 Å². The van der Waals surface area contributed by atoms with Crippen LogP contribution in [0.2, 0.25) is 0 Å². The van der Waals surface area contributed by atoms with E-state index in [0.717, 1.165) is 5.69 Å². The van der Waals surface area contributed by atoms with Crippen molar-refractivity contribution in [3.8, 4) is 11.3 Å². The van der Waals surface area contributed by atoms with Gasteiger partial charge in [0, 0.05) is 23.1 Å². The molecule has 0 aliphatic heterocycles. The van der Waals surface area contributed by atoms with Crippen molar-refractivity contribution in [2.45, 2.75) is 53.0 Å². The van der Waals surface area contributed by atoms with Crippen molar-refractivity contribution in [1.29, 1.82) is 0 Å². The molecule has 1 atom stereocenters. The SMILES string of the molecule is CC(C)C(C)NC(=O)c1cc(-c2ccccc2F)nc2cc(C(C)(C)C)nn12. The van der Waals surface area contributed by atoms with Crippen molar-refractivity contribution in [3.63, 3.8) is 0 Å². The van der Waals surface area contributed by atoms with Gasteiger partial charge in [-0.05, 0) is 31.0 Å².